The molecule has 2 heterocycles. The Morgan fingerprint density at radius 3 is 1.38 bits per heavy atom. The number of halogens is 4. The molecule has 0 saturated carbocycles. The molecule has 42 heavy (non-hydrogen) atoms. The van der Waals surface area contributed by atoms with Gasteiger partial charge in [0, 0.05) is 22.1 Å². The molecule has 0 fully saturated rings. The monoisotopic (exact) mass is 650 g/mol. The highest BCUT2D eigenvalue weighted by Gasteiger charge is 2.17. The number of sulfonamides is 2. The van der Waals surface area contributed by atoms with Crippen LogP contribution in [0.4, 0.5) is 20.2 Å². The number of rotatable bonds is 6. The number of hydrogen-bond donors (Lipinski definition) is 4. The van der Waals surface area contributed by atoms with E-state index in [1.54, 1.807) is 36.4 Å². The lowest BCUT2D eigenvalue weighted by Crippen LogP contribution is -2.13. The smallest absolute Gasteiger partial charge is 0.261 e. The van der Waals surface area contributed by atoms with Gasteiger partial charge in [0.05, 0.1) is 20.8 Å². The quantitative estimate of drug-likeness (QED) is 0.166. The van der Waals surface area contributed by atoms with E-state index in [1.165, 1.54) is 36.4 Å². The van der Waals surface area contributed by atoms with E-state index >= 15 is 0 Å². The number of fused-ring (bicyclic) bond motifs is 2. The summed E-state index contributed by atoms with van der Waals surface area (Å²) in [6, 6.07) is 19.0. The predicted molar refractivity (Wildman–Crippen MR) is 157 cm³/mol. The summed E-state index contributed by atoms with van der Waals surface area (Å²) in [4.78, 5) is -0.304. The molecule has 4 aromatic carbocycles. The maximum absolute atomic E-state index is 13.1. The second kappa shape index (κ2) is 11.6. The normalized spacial score (nSPS) is 11.7. The average molecular weight is 652 g/mol. The lowest BCUT2D eigenvalue weighted by Gasteiger charge is -2.08. The molecule has 216 valence electrons. The fourth-order valence-electron chi connectivity index (χ4n) is 3.78. The molecule has 6 aromatic rings. The number of aromatic nitrogens is 4. The molecule has 16 heteroatoms. The summed E-state index contributed by atoms with van der Waals surface area (Å²) in [7, 11) is -7.73. The van der Waals surface area contributed by atoms with Crippen LogP contribution in [-0.2, 0) is 20.0 Å². The fraction of sp³-hybridized carbons (Fsp3) is 0. The van der Waals surface area contributed by atoms with Crippen molar-refractivity contribution in [3.63, 3.8) is 0 Å². The number of hydrogen-bond acceptors (Lipinski definition) is 6. The van der Waals surface area contributed by atoms with Crippen LogP contribution in [0.5, 0.6) is 0 Å². The molecular weight excluding hydrogens is 633 g/mol. The lowest BCUT2D eigenvalue weighted by atomic mass is 10.2. The Hall–Kier alpha value is -4.24. The van der Waals surface area contributed by atoms with Crippen molar-refractivity contribution in [2.24, 2.45) is 0 Å². The Morgan fingerprint density at radius 1 is 0.595 bits per heavy atom. The van der Waals surface area contributed by atoms with Crippen LogP contribution in [0.3, 0.4) is 0 Å². The van der Waals surface area contributed by atoms with Crippen molar-refractivity contribution in [3.8, 4) is 0 Å². The predicted octanol–water partition coefficient (Wildman–Crippen LogP) is 6.31. The van der Waals surface area contributed by atoms with Crippen LogP contribution in [0, 0.1) is 11.6 Å². The number of H-pyrrole nitrogens is 2. The molecule has 0 saturated heterocycles. The second-order valence-electron chi connectivity index (χ2n) is 8.66. The van der Waals surface area contributed by atoms with Crippen LogP contribution in [0.2, 0.25) is 10.3 Å². The van der Waals surface area contributed by atoms with Crippen molar-refractivity contribution in [1.82, 2.24) is 20.4 Å². The van der Waals surface area contributed by atoms with E-state index in [2.05, 4.69) is 29.8 Å². The molecule has 0 radical (unpaired) electrons. The number of benzene rings is 4. The summed E-state index contributed by atoms with van der Waals surface area (Å²) < 4.78 is 79.7. The Labute approximate surface area is 247 Å². The van der Waals surface area contributed by atoms with E-state index in [4.69, 9.17) is 23.2 Å². The topological polar surface area (TPSA) is 150 Å². The summed E-state index contributed by atoms with van der Waals surface area (Å²) in [6.45, 7) is 0. The Bertz CT molecular complexity index is 2000. The summed E-state index contributed by atoms with van der Waals surface area (Å²) in [6.07, 6.45) is 0. The lowest BCUT2D eigenvalue weighted by molar-refractivity contribution is 0.594. The van der Waals surface area contributed by atoms with Gasteiger partial charge in [-0.3, -0.25) is 19.6 Å². The number of anilines is 2. The summed E-state index contributed by atoms with van der Waals surface area (Å²) in [5, 5.41) is 14.9. The van der Waals surface area contributed by atoms with Crippen LogP contribution < -0.4 is 9.44 Å². The Morgan fingerprint density at radius 2 is 1.00 bits per heavy atom. The first-order chi connectivity index (χ1) is 19.9. The number of aromatic amines is 2. The molecule has 0 aliphatic carbocycles. The van der Waals surface area contributed by atoms with Gasteiger partial charge in [-0.15, -0.1) is 0 Å². The molecule has 0 aliphatic rings. The highest BCUT2D eigenvalue weighted by Crippen LogP contribution is 2.27. The molecule has 4 N–H and O–H groups in total. The van der Waals surface area contributed by atoms with Gasteiger partial charge in [0.15, 0.2) is 0 Å². The number of nitrogens with one attached hydrogen (secondary N) is 4. The van der Waals surface area contributed by atoms with Crippen LogP contribution in [0.15, 0.2) is 94.7 Å². The highest BCUT2D eigenvalue weighted by molar-refractivity contribution is 7.93. The molecule has 0 unspecified atom stereocenters. The van der Waals surface area contributed by atoms with Crippen LogP contribution in [0.1, 0.15) is 0 Å². The van der Waals surface area contributed by atoms with E-state index in [1.807, 2.05) is 0 Å². The minimum Gasteiger partial charge on any atom is -0.280 e. The Balaban J connectivity index is 0.000000168. The maximum atomic E-state index is 13.1. The van der Waals surface area contributed by atoms with Crippen LogP contribution in [0.25, 0.3) is 21.8 Å². The van der Waals surface area contributed by atoms with Gasteiger partial charge in [0.2, 0.25) is 0 Å². The first-order valence-electron chi connectivity index (χ1n) is 11.8. The number of nitrogens with zero attached hydrogens (tertiary/aromatic N) is 2. The molecule has 10 nitrogen and oxygen atoms in total. The van der Waals surface area contributed by atoms with Crippen LogP contribution in [-0.4, -0.2) is 37.2 Å². The SMILES string of the molecule is O=S(=O)(Nc1ccc2n[nH]c(Cl)c2c1)c1cccc(F)c1.O=S(=O)(Nc1ccc2n[nH]c(Cl)c2c1)c1cccc(F)c1. The van der Waals surface area contributed by atoms with Gasteiger partial charge < -0.3 is 0 Å². The van der Waals surface area contributed by atoms with Gasteiger partial charge in [-0.05, 0) is 72.8 Å². The van der Waals surface area contributed by atoms with Gasteiger partial charge in [0.25, 0.3) is 20.0 Å². The van der Waals surface area contributed by atoms with E-state index in [0.29, 0.717) is 43.5 Å². The van der Waals surface area contributed by atoms with Crippen molar-refractivity contribution in [3.05, 3.63) is 107 Å². The van der Waals surface area contributed by atoms with Gasteiger partial charge in [-0.25, -0.2) is 25.6 Å². The maximum Gasteiger partial charge on any atom is 0.261 e. The third-order valence-corrected chi connectivity index (χ3v) is 9.07. The molecule has 0 atom stereocenters. The van der Waals surface area contributed by atoms with E-state index < -0.39 is 31.7 Å². The van der Waals surface area contributed by atoms with Crippen LogP contribution >= 0.6 is 23.2 Å². The van der Waals surface area contributed by atoms with Crippen molar-refractivity contribution >= 4 is 76.4 Å². The first kappa shape index (κ1) is 29.3. The zero-order valence-corrected chi connectivity index (χ0v) is 24.1. The largest absolute Gasteiger partial charge is 0.280 e. The van der Waals surface area contributed by atoms with Gasteiger partial charge in [-0.1, -0.05) is 35.3 Å². The molecule has 0 bridgehead atoms. The van der Waals surface area contributed by atoms with Crippen molar-refractivity contribution in [1.29, 1.82) is 0 Å². The standard InChI is InChI=1S/2C13H9ClFN3O2S/c2*14-13-11-7-9(4-5-12(11)16-17-13)18-21(19,20)10-3-1-2-8(15)6-10/h2*1-7,18H,(H,16,17). The summed E-state index contributed by atoms with van der Waals surface area (Å²) in [5.74, 6) is -1.24. The van der Waals surface area contributed by atoms with E-state index in [-0.39, 0.29) is 9.79 Å². The molecule has 0 spiro atoms. The Kier molecular flexibility index (Phi) is 8.06. The highest BCUT2D eigenvalue weighted by atomic mass is 35.5. The summed E-state index contributed by atoms with van der Waals surface area (Å²) >= 11 is 11.8. The minimum absolute atomic E-state index is 0.152. The van der Waals surface area contributed by atoms with Gasteiger partial charge in [0.1, 0.15) is 21.9 Å². The molecule has 0 aliphatic heterocycles. The zero-order valence-electron chi connectivity index (χ0n) is 20.9. The molecule has 0 amide bonds. The van der Waals surface area contributed by atoms with E-state index in [0.717, 1.165) is 12.1 Å². The first-order valence-corrected chi connectivity index (χ1v) is 15.5. The average Bonchev–Trinajstić information content (AvgIpc) is 3.50. The molecular formula is C26H18Cl2F2N6O4S2. The van der Waals surface area contributed by atoms with Gasteiger partial charge >= 0.3 is 0 Å². The van der Waals surface area contributed by atoms with Crippen molar-refractivity contribution < 1.29 is 25.6 Å². The third kappa shape index (κ3) is 6.46. The second-order valence-corrected chi connectivity index (χ2v) is 12.8. The summed E-state index contributed by atoms with van der Waals surface area (Å²) in [5.41, 5.74) is 1.87. The van der Waals surface area contributed by atoms with Gasteiger partial charge in [-0.2, -0.15) is 10.2 Å². The van der Waals surface area contributed by atoms with E-state index in [9.17, 15) is 25.6 Å². The molecule has 6 rings (SSSR count). The zero-order chi connectivity index (χ0) is 30.1. The molecule has 2 aromatic heterocycles. The van der Waals surface area contributed by atoms with Crippen molar-refractivity contribution in [2.45, 2.75) is 9.79 Å². The fourth-order valence-corrected chi connectivity index (χ4v) is 6.33. The van der Waals surface area contributed by atoms with Crippen molar-refractivity contribution in [2.75, 3.05) is 9.44 Å². The third-order valence-electron chi connectivity index (χ3n) is 5.73. The minimum atomic E-state index is -3.86.